The molecule has 5 nitrogen and oxygen atoms in total. The molecule has 0 N–H and O–H groups in total. The number of carbonyl (C=O) groups is 1. The normalized spacial score (nSPS) is 26.0. The third-order valence-corrected chi connectivity index (χ3v) is 23.3. The number of rotatable bonds is 8. The molecule has 1 unspecified atom stereocenters. The summed E-state index contributed by atoms with van der Waals surface area (Å²) in [4.78, 5) is 16.0. The van der Waals surface area contributed by atoms with Crippen molar-refractivity contribution in [3.05, 3.63) is 24.3 Å². The van der Waals surface area contributed by atoms with Crippen molar-refractivity contribution in [1.29, 1.82) is 0 Å². The first-order chi connectivity index (χ1) is 16.3. The van der Waals surface area contributed by atoms with E-state index in [1.54, 1.807) is 0 Å². The summed E-state index contributed by atoms with van der Waals surface area (Å²) in [5.74, 6) is 0.0382. The molecule has 214 valence electrons. The lowest BCUT2D eigenvalue weighted by molar-refractivity contribution is -0.135. The Morgan fingerprint density at radius 2 is 1.32 bits per heavy atom. The number of carbonyl (C=O) groups excluding carboxylic acids is 1. The molecule has 2 aliphatic rings. The molecule has 1 amide bonds. The zero-order valence-corrected chi connectivity index (χ0v) is 29.7. The Labute approximate surface area is 231 Å². The van der Waals surface area contributed by atoms with E-state index in [-0.39, 0.29) is 39.1 Å². The third kappa shape index (κ3) is 6.80. The van der Waals surface area contributed by atoms with E-state index in [1.165, 1.54) is 0 Å². The van der Waals surface area contributed by atoms with Crippen LogP contribution in [-0.2, 0) is 18.1 Å². The third-order valence-electron chi connectivity index (χ3n) is 9.90. The zero-order chi connectivity index (χ0) is 29.0. The molecule has 0 aromatic heterocycles. The molecule has 0 radical (unpaired) electrons. The number of nitrogens with zero attached hydrogens (tertiary/aromatic N) is 1. The maximum Gasteiger partial charge on any atom is 0.253 e. The van der Waals surface area contributed by atoms with E-state index in [4.69, 9.17) is 13.3 Å². The fraction of sp³-hybridized carbons (Fsp3) is 0.828. The van der Waals surface area contributed by atoms with Gasteiger partial charge < -0.3 is 18.2 Å². The number of amides is 1. The molecule has 1 saturated heterocycles. The molecule has 2 heterocycles. The van der Waals surface area contributed by atoms with Gasteiger partial charge in [0.15, 0.2) is 31.1 Å². The quantitative estimate of drug-likeness (QED) is 0.222. The van der Waals surface area contributed by atoms with Crippen molar-refractivity contribution in [2.24, 2.45) is 5.92 Å². The fourth-order valence-electron chi connectivity index (χ4n) is 4.08. The summed E-state index contributed by atoms with van der Waals surface area (Å²) in [5, 5.41) is 0.144. The monoisotopic (exact) mass is 567 g/mol. The van der Waals surface area contributed by atoms with Gasteiger partial charge in [-0.3, -0.25) is 4.79 Å². The summed E-state index contributed by atoms with van der Waals surface area (Å²) < 4.78 is 20.6. The predicted molar refractivity (Wildman–Crippen MR) is 165 cm³/mol. The Kier molecular flexibility index (Phi) is 9.25. The van der Waals surface area contributed by atoms with Crippen molar-refractivity contribution in [2.75, 3.05) is 13.2 Å². The van der Waals surface area contributed by atoms with E-state index in [1.807, 2.05) is 4.90 Å². The first-order valence-electron chi connectivity index (χ1n) is 14.0. The van der Waals surface area contributed by atoms with Gasteiger partial charge >= 0.3 is 0 Å². The van der Waals surface area contributed by atoms with Crippen LogP contribution >= 0.6 is 0 Å². The fourth-order valence-corrected chi connectivity index (χ4v) is 7.58. The molecule has 0 bridgehead atoms. The van der Waals surface area contributed by atoms with Gasteiger partial charge in [-0.15, -0.1) is 0 Å². The Bertz CT molecular complexity index is 890. The van der Waals surface area contributed by atoms with Crippen molar-refractivity contribution in [3.8, 4) is 0 Å². The van der Waals surface area contributed by atoms with E-state index in [2.05, 4.69) is 120 Å². The first kappa shape index (κ1) is 32.7. The van der Waals surface area contributed by atoms with E-state index in [9.17, 15) is 4.79 Å². The highest BCUT2D eigenvalue weighted by atomic mass is 28.4. The highest BCUT2D eigenvalue weighted by molar-refractivity contribution is 6.75. The van der Waals surface area contributed by atoms with Gasteiger partial charge in [0.05, 0.1) is 12.6 Å². The van der Waals surface area contributed by atoms with Crippen molar-refractivity contribution in [1.82, 2.24) is 4.90 Å². The Morgan fingerprint density at radius 1 is 0.865 bits per heavy atom. The minimum absolute atomic E-state index is 0.00381. The first-order valence-corrected chi connectivity index (χ1v) is 22.7. The molecule has 2 rings (SSSR count). The van der Waals surface area contributed by atoms with E-state index in [0.29, 0.717) is 13.2 Å². The molecular weight excluding hydrogens is 511 g/mol. The second-order valence-corrected chi connectivity index (χ2v) is 30.1. The Hall–Kier alpha value is -0.519. The highest BCUT2D eigenvalue weighted by Gasteiger charge is 2.58. The molecule has 0 aliphatic carbocycles. The lowest BCUT2D eigenvalue weighted by atomic mass is 9.87. The second-order valence-electron chi connectivity index (χ2n) is 15.8. The minimum Gasteiger partial charge on any atom is -0.413 e. The van der Waals surface area contributed by atoms with Crippen LogP contribution in [0.5, 0.6) is 0 Å². The van der Waals surface area contributed by atoms with E-state index >= 15 is 0 Å². The standard InChI is InChI=1S/C29H57NO4Si3/c1-21(20-32-35(11,12)27(2,3)4)22-18-17-19-30-23(22)24(33-36(13,14)28(5,6)7)25(26(30)31)34-37(15,16)29(8,9)10/h17-18,22-25H,1,19-20H2,2-16H3/t22?,23-,24-,25+/m1/s1. The summed E-state index contributed by atoms with van der Waals surface area (Å²) in [6.45, 7) is 39.3. The van der Waals surface area contributed by atoms with Crippen LogP contribution in [0.1, 0.15) is 62.3 Å². The van der Waals surface area contributed by atoms with Crippen LogP contribution in [0.3, 0.4) is 0 Å². The van der Waals surface area contributed by atoms with Crippen LogP contribution in [0.2, 0.25) is 54.4 Å². The molecule has 8 heteroatoms. The summed E-state index contributed by atoms with van der Waals surface area (Å²) in [5.41, 5.74) is 1.01. The van der Waals surface area contributed by atoms with E-state index < -0.39 is 31.1 Å². The van der Waals surface area contributed by atoms with Gasteiger partial charge in [0.1, 0.15) is 6.10 Å². The molecule has 0 saturated carbocycles. The maximum atomic E-state index is 14.0. The Morgan fingerprint density at radius 3 is 1.78 bits per heavy atom. The summed E-state index contributed by atoms with van der Waals surface area (Å²) in [7, 11) is -6.36. The van der Waals surface area contributed by atoms with Crippen LogP contribution < -0.4 is 0 Å². The zero-order valence-electron chi connectivity index (χ0n) is 26.7. The molecule has 4 atom stereocenters. The van der Waals surface area contributed by atoms with Crippen LogP contribution in [0, 0.1) is 5.92 Å². The number of fused-ring (bicyclic) bond motifs is 1. The SMILES string of the molecule is C=C(CO[Si](C)(C)C(C)(C)C)C1C=CCN2C(=O)[C@@H](O[Si](C)(C)C(C)(C)C)[C@H](O[Si](C)(C)C(C)(C)C)[C@@H]12. The minimum atomic E-state index is -2.22. The van der Waals surface area contributed by atoms with E-state index in [0.717, 1.165) is 5.57 Å². The smallest absolute Gasteiger partial charge is 0.253 e. The summed E-state index contributed by atoms with van der Waals surface area (Å²) in [6.07, 6.45) is 3.41. The Balaban J connectivity index is 2.48. The van der Waals surface area contributed by atoms with Gasteiger partial charge in [-0.1, -0.05) is 81.0 Å². The van der Waals surface area contributed by atoms with Crippen molar-refractivity contribution >= 4 is 30.9 Å². The average molecular weight is 568 g/mol. The molecule has 0 aromatic rings. The lowest BCUT2D eigenvalue weighted by Gasteiger charge is -2.45. The molecular formula is C29H57NO4Si3. The summed E-state index contributed by atoms with van der Waals surface area (Å²) >= 11 is 0. The van der Waals surface area contributed by atoms with Crippen LogP contribution in [0.25, 0.3) is 0 Å². The van der Waals surface area contributed by atoms with Crippen molar-refractivity contribution in [3.63, 3.8) is 0 Å². The van der Waals surface area contributed by atoms with Gasteiger partial charge in [-0.25, -0.2) is 0 Å². The molecule has 2 aliphatic heterocycles. The molecule has 0 spiro atoms. The largest absolute Gasteiger partial charge is 0.413 e. The molecule has 37 heavy (non-hydrogen) atoms. The van der Waals surface area contributed by atoms with Gasteiger partial charge in [-0.2, -0.15) is 0 Å². The van der Waals surface area contributed by atoms with Crippen molar-refractivity contribution < 1.29 is 18.1 Å². The summed E-state index contributed by atoms with van der Waals surface area (Å²) in [6, 6.07) is -0.128. The molecule has 1 fully saturated rings. The molecule has 0 aromatic carbocycles. The lowest BCUT2D eigenvalue weighted by Crippen LogP contribution is -2.55. The maximum absolute atomic E-state index is 14.0. The topological polar surface area (TPSA) is 48.0 Å². The van der Waals surface area contributed by atoms with Gasteiger partial charge in [0.2, 0.25) is 0 Å². The average Bonchev–Trinajstić information content (AvgIpc) is 2.94. The highest BCUT2D eigenvalue weighted by Crippen LogP contribution is 2.46. The van der Waals surface area contributed by atoms with Gasteiger partial charge in [0, 0.05) is 12.5 Å². The number of hydrogen-bond acceptors (Lipinski definition) is 4. The van der Waals surface area contributed by atoms with Crippen LogP contribution in [0.4, 0.5) is 0 Å². The predicted octanol–water partition coefficient (Wildman–Crippen LogP) is 7.74. The van der Waals surface area contributed by atoms with Crippen molar-refractivity contribution in [2.45, 2.75) is 135 Å². The van der Waals surface area contributed by atoms with Gasteiger partial charge in [-0.05, 0) is 60.0 Å². The van der Waals surface area contributed by atoms with Crippen LogP contribution in [0.15, 0.2) is 24.3 Å². The van der Waals surface area contributed by atoms with Crippen LogP contribution in [-0.4, -0.2) is 67.2 Å². The number of hydrogen-bond donors (Lipinski definition) is 0. The van der Waals surface area contributed by atoms with Gasteiger partial charge in [0.25, 0.3) is 5.91 Å². The second kappa shape index (κ2) is 10.5.